The number of rotatable bonds is 3. The van der Waals surface area contributed by atoms with Gasteiger partial charge in [0.05, 0.1) is 0 Å². The summed E-state index contributed by atoms with van der Waals surface area (Å²) in [5.41, 5.74) is 1.07. The van der Waals surface area contributed by atoms with Crippen molar-refractivity contribution in [2.24, 2.45) is 0 Å². The molecule has 1 aromatic carbocycles. The number of nitrogens with zero attached hydrogens (tertiary/aromatic N) is 1. The van der Waals surface area contributed by atoms with Crippen LogP contribution in [0.5, 0.6) is 0 Å². The molecule has 1 aliphatic heterocycles. The molecule has 0 amide bonds. The number of likely N-dealkylation sites (tertiary alicyclic amines) is 1. The van der Waals surface area contributed by atoms with Crippen LogP contribution >= 0.6 is 24.0 Å². The molecule has 1 aromatic rings. The zero-order valence-electron chi connectivity index (χ0n) is 9.30. The molecule has 1 fully saturated rings. The summed E-state index contributed by atoms with van der Waals surface area (Å²) in [4.78, 5) is 13.0. The highest BCUT2D eigenvalue weighted by Gasteiger charge is 2.30. The fourth-order valence-corrected chi connectivity index (χ4v) is 2.38. The molecule has 0 radical (unpaired) electrons. The lowest BCUT2D eigenvalue weighted by Gasteiger charge is -2.20. The van der Waals surface area contributed by atoms with Gasteiger partial charge in [0.15, 0.2) is 0 Å². The second-order valence-electron chi connectivity index (χ2n) is 4.10. The molecule has 1 aliphatic rings. The molecule has 0 spiro atoms. The van der Waals surface area contributed by atoms with Crippen molar-refractivity contribution in [3.63, 3.8) is 0 Å². The van der Waals surface area contributed by atoms with Crippen molar-refractivity contribution in [1.82, 2.24) is 4.90 Å². The van der Waals surface area contributed by atoms with Crippen molar-refractivity contribution >= 4 is 30.0 Å². The van der Waals surface area contributed by atoms with Gasteiger partial charge in [-0.2, -0.15) is 0 Å². The van der Waals surface area contributed by atoms with E-state index in [1.165, 1.54) is 0 Å². The predicted molar refractivity (Wildman–Crippen MR) is 69.8 cm³/mol. The Hall–Kier alpha value is -0.770. The molecule has 1 atom stereocenters. The minimum absolute atomic E-state index is 0. The number of hydrogen-bond acceptors (Lipinski definition) is 2. The second kappa shape index (κ2) is 6.24. The lowest BCUT2D eigenvalue weighted by atomic mass is 10.2. The average molecular weight is 276 g/mol. The van der Waals surface area contributed by atoms with Crippen LogP contribution in [-0.2, 0) is 11.3 Å². The minimum atomic E-state index is -0.723. The van der Waals surface area contributed by atoms with E-state index in [4.69, 9.17) is 16.7 Å². The Kier molecular flexibility index (Phi) is 5.25. The Morgan fingerprint density at radius 1 is 1.53 bits per heavy atom. The Labute approximate surface area is 112 Å². The maximum atomic E-state index is 11.0. The fourth-order valence-electron chi connectivity index (χ4n) is 2.16. The third-order valence-electron chi connectivity index (χ3n) is 2.92. The SMILES string of the molecule is Cl.O=C(O)[C@@H]1CCCN1Cc1cccc(Cl)c1. The summed E-state index contributed by atoms with van der Waals surface area (Å²) in [6, 6.07) is 7.24. The van der Waals surface area contributed by atoms with E-state index in [9.17, 15) is 4.79 Å². The zero-order chi connectivity index (χ0) is 11.5. The summed E-state index contributed by atoms with van der Waals surface area (Å²) >= 11 is 5.89. The van der Waals surface area contributed by atoms with Crippen molar-refractivity contribution in [1.29, 1.82) is 0 Å². The molecule has 1 saturated heterocycles. The molecule has 0 bridgehead atoms. The van der Waals surface area contributed by atoms with E-state index in [2.05, 4.69) is 0 Å². The second-order valence-corrected chi connectivity index (χ2v) is 4.53. The first-order valence-electron chi connectivity index (χ1n) is 5.38. The summed E-state index contributed by atoms with van der Waals surface area (Å²) in [5.74, 6) is -0.723. The van der Waals surface area contributed by atoms with Gasteiger partial charge in [0.2, 0.25) is 0 Å². The maximum absolute atomic E-state index is 11.0. The first-order chi connectivity index (χ1) is 7.66. The van der Waals surface area contributed by atoms with Gasteiger partial charge in [0.25, 0.3) is 0 Å². The number of halogens is 2. The predicted octanol–water partition coefficient (Wildman–Crippen LogP) is 2.81. The Morgan fingerprint density at radius 2 is 2.29 bits per heavy atom. The maximum Gasteiger partial charge on any atom is 0.320 e. The van der Waals surface area contributed by atoms with Crippen LogP contribution in [0.2, 0.25) is 5.02 Å². The molecular weight excluding hydrogens is 261 g/mol. The summed E-state index contributed by atoms with van der Waals surface area (Å²) in [6.07, 6.45) is 1.70. The van der Waals surface area contributed by atoms with E-state index in [1.54, 1.807) is 0 Å². The van der Waals surface area contributed by atoms with Gasteiger partial charge in [0, 0.05) is 11.6 Å². The average Bonchev–Trinajstić information content (AvgIpc) is 2.66. The standard InChI is InChI=1S/C12H14ClNO2.ClH/c13-10-4-1-3-9(7-10)8-14-6-2-5-11(14)12(15)16;/h1,3-4,7,11H,2,5-6,8H2,(H,15,16);1H/t11-;/m0./s1. The molecule has 2 rings (SSSR count). The lowest BCUT2D eigenvalue weighted by Crippen LogP contribution is -2.35. The first-order valence-corrected chi connectivity index (χ1v) is 5.76. The van der Waals surface area contributed by atoms with E-state index < -0.39 is 5.97 Å². The van der Waals surface area contributed by atoms with Crippen molar-refractivity contribution in [2.45, 2.75) is 25.4 Å². The third kappa shape index (κ3) is 3.60. The first kappa shape index (κ1) is 14.3. The lowest BCUT2D eigenvalue weighted by molar-refractivity contribution is -0.142. The van der Waals surface area contributed by atoms with Crippen LogP contribution in [0, 0.1) is 0 Å². The monoisotopic (exact) mass is 275 g/mol. The molecule has 0 unspecified atom stereocenters. The molecule has 17 heavy (non-hydrogen) atoms. The molecule has 0 aliphatic carbocycles. The Morgan fingerprint density at radius 3 is 2.94 bits per heavy atom. The van der Waals surface area contributed by atoms with Gasteiger partial charge in [-0.1, -0.05) is 23.7 Å². The topological polar surface area (TPSA) is 40.5 Å². The molecule has 94 valence electrons. The largest absolute Gasteiger partial charge is 0.480 e. The summed E-state index contributed by atoms with van der Waals surface area (Å²) < 4.78 is 0. The molecule has 3 nitrogen and oxygen atoms in total. The summed E-state index contributed by atoms with van der Waals surface area (Å²) in [5, 5.41) is 9.75. The molecule has 0 saturated carbocycles. The third-order valence-corrected chi connectivity index (χ3v) is 3.16. The molecule has 1 heterocycles. The van der Waals surface area contributed by atoms with Gasteiger partial charge in [-0.25, -0.2) is 0 Å². The molecule has 5 heteroatoms. The van der Waals surface area contributed by atoms with Crippen molar-refractivity contribution < 1.29 is 9.90 Å². The van der Waals surface area contributed by atoms with Crippen LogP contribution < -0.4 is 0 Å². The molecular formula is C12H15Cl2NO2. The number of carboxylic acids is 1. The zero-order valence-corrected chi connectivity index (χ0v) is 10.9. The highest BCUT2D eigenvalue weighted by atomic mass is 35.5. The number of carbonyl (C=O) groups is 1. The van der Waals surface area contributed by atoms with Gasteiger partial charge >= 0.3 is 5.97 Å². The summed E-state index contributed by atoms with van der Waals surface area (Å²) in [7, 11) is 0. The Bertz CT molecular complexity index is 398. The highest BCUT2D eigenvalue weighted by Crippen LogP contribution is 2.21. The van der Waals surface area contributed by atoms with Crippen LogP contribution in [0.15, 0.2) is 24.3 Å². The number of carboxylic acid groups (broad SMARTS) is 1. The van der Waals surface area contributed by atoms with Crippen molar-refractivity contribution in [3.8, 4) is 0 Å². The smallest absolute Gasteiger partial charge is 0.320 e. The normalized spacial score (nSPS) is 19.9. The van der Waals surface area contributed by atoms with Crippen LogP contribution in [0.25, 0.3) is 0 Å². The minimum Gasteiger partial charge on any atom is -0.480 e. The number of aliphatic carboxylic acids is 1. The van der Waals surface area contributed by atoms with E-state index in [-0.39, 0.29) is 18.4 Å². The van der Waals surface area contributed by atoms with E-state index >= 15 is 0 Å². The van der Waals surface area contributed by atoms with Crippen LogP contribution in [0.3, 0.4) is 0 Å². The van der Waals surface area contributed by atoms with Crippen LogP contribution in [-0.4, -0.2) is 28.6 Å². The molecule has 1 N–H and O–H groups in total. The molecule has 0 aromatic heterocycles. The van der Waals surface area contributed by atoms with Gasteiger partial charge < -0.3 is 5.11 Å². The van der Waals surface area contributed by atoms with Gasteiger partial charge in [-0.15, -0.1) is 12.4 Å². The van der Waals surface area contributed by atoms with Crippen molar-refractivity contribution in [3.05, 3.63) is 34.9 Å². The van der Waals surface area contributed by atoms with Crippen LogP contribution in [0.1, 0.15) is 18.4 Å². The number of hydrogen-bond donors (Lipinski definition) is 1. The van der Waals surface area contributed by atoms with Gasteiger partial charge in [-0.3, -0.25) is 9.69 Å². The quantitative estimate of drug-likeness (QED) is 0.922. The Balaban J connectivity index is 0.00000144. The van der Waals surface area contributed by atoms with Crippen molar-refractivity contribution in [2.75, 3.05) is 6.54 Å². The van der Waals surface area contributed by atoms with E-state index in [0.717, 1.165) is 24.9 Å². The van der Waals surface area contributed by atoms with Gasteiger partial charge in [0.1, 0.15) is 6.04 Å². The van der Waals surface area contributed by atoms with E-state index in [1.807, 2.05) is 29.2 Å². The summed E-state index contributed by atoms with van der Waals surface area (Å²) in [6.45, 7) is 1.51. The number of benzene rings is 1. The van der Waals surface area contributed by atoms with E-state index in [0.29, 0.717) is 11.6 Å². The highest BCUT2D eigenvalue weighted by molar-refractivity contribution is 6.30. The van der Waals surface area contributed by atoms with Crippen LogP contribution in [0.4, 0.5) is 0 Å². The van der Waals surface area contributed by atoms with Gasteiger partial charge in [-0.05, 0) is 37.1 Å². The fraction of sp³-hybridized carbons (Fsp3) is 0.417.